The molecule has 0 aliphatic heterocycles. The Kier molecular flexibility index (Phi) is 8.68. The van der Waals surface area contributed by atoms with Crippen molar-refractivity contribution in [1.82, 2.24) is 0 Å². The van der Waals surface area contributed by atoms with Crippen LogP contribution in [0.15, 0.2) is 82.8 Å². The monoisotopic (exact) mass is 552 g/mol. The van der Waals surface area contributed by atoms with E-state index < -0.39 is 46.5 Å². The van der Waals surface area contributed by atoms with Crippen molar-refractivity contribution in [2.45, 2.75) is 12.1 Å². The molecule has 0 saturated heterocycles. The molecular formula is C30H24F4N2O4. The van der Waals surface area contributed by atoms with Crippen LogP contribution in [0.5, 0.6) is 23.0 Å². The third-order valence-corrected chi connectivity index (χ3v) is 6.13. The Hall–Kier alpha value is -4.86. The summed E-state index contributed by atoms with van der Waals surface area (Å²) in [6.45, 7) is 0. The standard InChI is InChI=1S/C30H24F4N2O4/c1-39-23-13-11-19(31)25(27(23)33)29(35-15-17-7-3-5-9-21(17)37)30(36-16-18-8-4-6-10-22(18)38)26-20(32)12-14-24(40-2)28(26)34/h3-16,29-30,37-38H,1-2H3/t29-,30+. The van der Waals surface area contributed by atoms with Gasteiger partial charge in [0.15, 0.2) is 23.1 Å². The number of rotatable bonds is 9. The van der Waals surface area contributed by atoms with Gasteiger partial charge >= 0.3 is 0 Å². The predicted octanol–water partition coefficient (Wildman–Crippen LogP) is 6.69. The average Bonchev–Trinajstić information content (AvgIpc) is 2.94. The maximum Gasteiger partial charge on any atom is 0.173 e. The molecule has 2 atom stereocenters. The summed E-state index contributed by atoms with van der Waals surface area (Å²) in [7, 11) is 2.35. The molecule has 2 N–H and O–H groups in total. The minimum Gasteiger partial charge on any atom is -0.507 e. The van der Waals surface area contributed by atoms with Gasteiger partial charge in [-0.1, -0.05) is 24.3 Å². The summed E-state index contributed by atoms with van der Waals surface area (Å²) < 4.78 is 72.0. The SMILES string of the molecule is COc1ccc(F)c([C@@H](N=Cc2ccccc2O)[C@@H](N=Cc2ccccc2O)c2c(F)ccc(OC)c2F)c1F. The number of phenolic OH excluding ortho intramolecular Hbond substituents is 2. The summed E-state index contributed by atoms with van der Waals surface area (Å²) in [5, 5.41) is 20.5. The number of para-hydroxylation sites is 2. The van der Waals surface area contributed by atoms with Crippen LogP contribution in [0.25, 0.3) is 0 Å². The van der Waals surface area contributed by atoms with Crippen LogP contribution in [0.1, 0.15) is 34.3 Å². The molecule has 0 aromatic heterocycles. The number of benzene rings is 4. The number of hydrogen-bond acceptors (Lipinski definition) is 6. The van der Waals surface area contributed by atoms with Crippen LogP contribution >= 0.6 is 0 Å². The zero-order chi connectivity index (χ0) is 28.8. The molecule has 0 aliphatic rings. The summed E-state index contributed by atoms with van der Waals surface area (Å²) in [5.41, 5.74) is -1.03. The van der Waals surface area contributed by atoms with Crippen LogP contribution in [-0.2, 0) is 0 Å². The van der Waals surface area contributed by atoms with Crippen LogP contribution in [-0.4, -0.2) is 36.9 Å². The number of aromatic hydroxyl groups is 2. The Labute approximate surface area is 227 Å². The lowest BCUT2D eigenvalue weighted by Crippen LogP contribution is -2.16. The van der Waals surface area contributed by atoms with Crippen LogP contribution in [0.3, 0.4) is 0 Å². The molecule has 0 bridgehead atoms. The Morgan fingerprint density at radius 1 is 0.600 bits per heavy atom. The molecule has 0 fully saturated rings. The number of phenols is 2. The maximum atomic E-state index is 15.6. The largest absolute Gasteiger partial charge is 0.507 e. The van der Waals surface area contributed by atoms with Crippen molar-refractivity contribution in [3.63, 3.8) is 0 Å². The van der Waals surface area contributed by atoms with Gasteiger partial charge in [-0.05, 0) is 48.5 Å². The van der Waals surface area contributed by atoms with E-state index >= 15 is 17.6 Å². The highest BCUT2D eigenvalue weighted by molar-refractivity contribution is 5.84. The number of ether oxygens (including phenoxy) is 2. The smallest absolute Gasteiger partial charge is 0.173 e. The molecule has 206 valence electrons. The fourth-order valence-electron chi connectivity index (χ4n) is 4.10. The van der Waals surface area contributed by atoms with E-state index in [-0.39, 0.29) is 34.1 Å². The molecule has 0 amide bonds. The van der Waals surface area contributed by atoms with E-state index in [1.54, 1.807) is 24.3 Å². The van der Waals surface area contributed by atoms with Gasteiger partial charge in [0.1, 0.15) is 35.2 Å². The number of halogens is 4. The topological polar surface area (TPSA) is 83.6 Å². The highest BCUT2D eigenvalue weighted by atomic mass is 19.1. The second kappa shape index (κ2) is 12.3. The van der Waals surface area contributed by atoms with Gasteiger partial charge in [-0.3, -0.25) is 9.98 Å². The van der Waals surface area contributed by atoms with E-state index in [1.807, 2.05) is 0 Å². The van der Waals surface area contributed by atoms with Gasteiger partial charge in [0.05, 0.1) is 25.3 Å². The fraction of sp³-hybridized carbons (Fsp3) is 0.133. The van der Waals surface area contributed by atoms with Crippen LogP contribution in [0.2, 0.25) is 0 Å². The van der Waals surface area contributed by atoms with E-state index in [2.05, 4.69) is 9.98 Å². The summed E-state index contributed by atoms with van der Waals surface area (Å²) in [6, 6.07) is 12.6. The third-order valence-electron chi connectivity index (χ3n) is 6.13. The Balaban J connectivity index is 2.03. The molecule has 4 rings (SSSR count). The molecule has 4 aromatic rings. The molecular weight excluding hydrogens is 528 g/mol. The average molecular weight is 553 g/mol. The molecule has 4 aromatic carbocycles. The molecule has 10 heteroatoms. The van der Waals surface area contributed by atoms with E-state index in [0.717, 1.165) is 36.7 Å². The van der Waals surface area contributed by atoms with Gasteiger partial charge in [0, 0.05) is 23.6 Å². The zero-order valence-electron chi connectivity index (χ0n) is 21.4. The van der Waals surface area contributed by atoms with E-state index in [4.69, 9.17) is 9.47 Å². The van der Waals surface area contributed by atoms with Gasteiger partial charge in [0.2, 0.25) is 0 Å². The van der Waals surface area contributed by atoms with E-state index in [9.17, 15) is 10.2 Å². The summed E-state index contributed by atoms with van der Waals surface area (Å²) in [6.07, 6.45) is 2.24. The van der Waals surface area contributed by atoms with Crippen molar-refractivity contribution < 1.29 is 37.2 Å². The van der Waals surface area contributed by atoms with Gasteiger partial charge in [0.25, 0.3) is 0 Å². The number of nitrogens with zero attached hydrogens (tertiary/aromatic N) is 2. The molecule has 0 radical (unpaired) electrons. The van der Waals surface area contributed by atoms with Gasteiger partial charge < -0.3 is 19.7 Å². The van der Waals surface area contributed by atoms with Crippen molar-refractivity contribution in [1.29, 1.82) is 0 Å². The zero-order valence-corrected chi connectivity index (χ0v) is 21.4. The van der Waals surface area contributed by atoms with Crippen molar-refractivity contribution in [2.24, 2.45) is 9.98 Å². The first kappa shape index (κ1) is 28.2. The van der Waals surface area contributed by atoms with Gasteiger partial charge in [-0.2, -0.15) is 0 Å². The van der Waals surface area contributed by atoms with Crippen molar-refractivity contribution in [3.05, 3.63) is 118 Å². The minimum atomic E-state index is -1.73. The molecule has 40 heavy (non-hydrogen) atoms. The van der Waals surface area contributed by atoms with Crippen molar-refractivity contribution >= 4 is 12.4 Å². The van der Waals surface area contributed by atoms with Crippen LogP contribution in [0, 0.1) is 23.3 Å². The van der Waals surface area contributed by atoms with E-state index in [1.165, 1.54) is 38.5 Å². The number of aliphatic imine (C=N–C) groups is 2. The van der Waals surface area contributed by atoms with Crippen LogP contribution in [0.4, 0.5) is 17.6 Å². The Bertz CT molecular complexity index is 1460. The fourth-order valence-corrected chi connectivity index (χ4v) is 4.10. The Morgan fingerprint density at radius 3 is 1.32 bits per heavy atom. The highest BCUT2D eigenvalue weighted by Gasteiger charge is 2.35. The molecule has 0 unspecified atom stereocenters. The highest BCUT2D eigenvalue weighted by Crippen LogP contribution is 2.43. The molecule has 0 saturated carbocycles. The quantitative estimate of drug-likeness (QED) is 0.179. The second-order valence-electron chi connectivity index (χ2n) is 8.52. The first-order chi connectivity index (χ1) is 19.3. The summed E-state index contributed by atoms with van der Waals surface area (Å²) in [5.74, 6) is -5.53. The minimum absolute atomic E-state index is 0.172. The maximum absolute atomic E-state index is 15.6. The lowest BCUT2D eigenvalue weighted by Gasteiger charge is -2.24. The Morgan fingerprint density at radius 2 is 0.975 bits per heavy atom. The van der Waals surface area contributed by atoms with Gasteiger partial charge in [-0.25, -0.2) is 17.6 Å². The second-order valence-corrected chi connectivity index (χ2v) is 8.52. The number of hydrogen-bond donors (Lipinski definition) is 2. The van der Waals surface area contributed by atoms with Gasteiger partial charge in [-0.15, -0.1) is 0 Å². The number of methoxy groups -OCH3 is 2. The van der Waals surface area contributed by atoms with E-state index in [0.29, 0.717) is 0 Å². The molecule has 6 nitrogen and oxygen atoms in total. The molecule has 0 spiro atoms. The summed E-state index contributed by atoms with van der Waals surface area (Å²) >= 11 is 0. The first-order valence-electron chi connectivity index (χ1n) is 11.9. The summed E-state index contributed by atoms with van der Waals surface area (Å²) in [4.78, 5) is 8.60. The normalized spacial score (nSPS) is 13.1. The van der Waals surface area contributed by atoms with Crippen LogP contribution < -0.4 is 9.47 Å². The van der Waals surface area contributed by atoms with Crippen molar-refractivity contribution in [3.8, 4) is 23.0 Å². The third kappa shape index (κ3) is 5.75. The lowest BCUT2D eigenvalue weighted by atomic mass is 9.91. The first-order valence-corrected chi connectivity index (χ1v) is 11.9. The van der Waals surface area contributed by atoms with Crippen molar-refractivity contribution in [2.75, 3.05) is 14.2 Å². The molecule has 0 heterocycles. The predicted molar refractivity (Wildman–Crippen MR) is 143 cm³/mol. The molecule has 0 aliphatic carbocycles. The lowest BCUT2D eigenvalue weighted by molar-refractivity contribution is 0.367.